The van der Waals surface area contributed by atoms with Crippen LogP contribution in [-0.4, -0.2) is 14.2 Å². The highest BCUT2D eigenvalue weighted by molar-refractivity contribution is 5.49. The molecule has 0 amide bonds. The SMILES string of the molecule is COc1cc2c(cc1OC)C(N)C(C)C(C)C2. The topological polar surface area (TPSA) is 44.5 Å². The molecular weight excluding hydrogens is 214 g/mol. The van der Waals surface area contributed by atoms with Gasteiger partial charge in [-0.05, 0) is 41.5 Å². The van der Waals surface area contributed by atoms with Gasteiger partial charge in [0.25, 0.3) is 0 Å². The van der Waals surface area contributed by atoms with Crippen molar-refractivity contribution in [3.8, 4) is 11.5 Å². The van der Waals surface area contributed by atoms with E-state index in [0.29, 0.717) is 11.8 Å². The highest BCUT2D eigenvalue weighted by atomic mass is 16.5. The van der Waals surface area contributed by atoms with Crippen LogP contribution in [0, 0.1) is 11.8 Å². The number of fused-ring (bicyclic) bond motifs is 1. The molecule has 17 heavy (non-hydrogen) atoms. The van der Waals surface area contributed by atoms with E-state index in [-0.39, 0.29) is 6.04 Å². The van der Waals surface area contributed by atoms with Gasteiger partial charge in [-0.15, -0.1) is 0 Å². The van der Waals surface area contributed by atoms with Crippen LogP contribution in [0.5, 0.6) is 11.5 Å². The minimum Gasteiger partial charge on any atom is -0.493 e. The van der Waals surface area contributed by atoms with Gasteiger partial charge in [-0.3, -0.25) is 0 Å². The molecule has 3 nitrogen and oxygen atoms in total. The molecule has 1 aliphatic carbocycles. The number of benzene rings is 1. The van der Waals surface area contributed by atoms with Crippen molar-refractivity contribution in [1.29, 1.82) is 0 Å². The maximum absolute atomic E-state index is 6.30. The van der Waals surface area contributed by atoms with Gasteiger partial charge in [0.15, 0.2) is 11.5 Å². The maximum atomic E-state index is 6.30. The van der Waals surface area contributed by atoms with Gasteiger partial charge < -0.3 is 15.2 Å². The molecule has 0 saturated carbocycles. The number of ether oxygens (including phenoxy) is 2. The summed E-state index contributed by atoms with van der Waals surface area (Å²) in [5.41, 5.74) is 8.79. The fourth-order valence-corrected chi connectivity index (χ4v) is 2.59. The van der Waals surface area contributed by atoms with Crippen LogP contribution in [0.1, 0.15) is 31.0 Å². The fraction of sp³-hybridized carbons (Fsp3) is 0.571. The zero-order valence-electron chi connectivity index (χ0n) is 11.0. The molecule has 0 radical (unpaired) electrons. The van der Waals surface area contributed by atoms with E-state index in [1.165, 1.54) is 11.1 Å². The van der Waals surface area contributed by atoms with Gasteiger partial charge in [0.1, 0.15) is 0 Å². The predicted molar refractivity (Wildman–Crippen MR) is 68.5 cm³/mol. The van der Waals surface area contributed by atoms with E-state index in [1.807, 2.05) is 6.07 Å². The lowest BCUT2D eigenvalue weighted by molar-refractivity contribution is 0.299. The van der Waals surface area contributed by atoms with Crippen LogP contribution in [0.2, 0.25) is 0 Å². The Labute approximate surface area is 103 Å². The van der Waals surface area contributed by atoms with Gasteiger partial charge in [-0.1, -0.05) is 13.8 Å². The number of rotatable bonds is 2. The molecule has 0 aromatic heterocycles. The zero-order valence-corrected chi connectivity index (χ0v) is 11.0. The highest BCUT2D eigenvalue weighted by Crippen LogP contribution is 2.41. The summed E-state index contributed by atoms with van der Waals surface area (Å²) >= 11 is 0. The zero-order chi connectivity index (χ0) is 12.6. The van der Waals surface area contributed by atoms with Gasteiger partial charge in [0.2, 0.25) is 0 Å². The van der Waals surface area contributed by atoms with Crippen LogP contribution in [0.4, 0.5) is 0 Å². The van der Waals surface area contributed by atoms with Crippen molar-refractivity contribution >= 4 is 0 Å². The molecule has 1 aromatic carbocycles. The Morgan fingerprint density at radius 3 is 2.29 bits per heavy atom. The van der Waals surface area contributed by atoms with Crippen molar-refractivity contribution in [1.82, 2.24) is 0 Å². The van der Waals surface area contributed by atoms with Gasteiger partial charge in [0.05, 0.1) is 14.2 Å². The van der Waals surface area contributed by atoms with Gasteiger partial charge in [-0.2, -0.15) is 0 Å². The standard InChI is InChI=1S/C14H21NO2/c1-8-5-10-6-12(16-3)13(17-4)7-11(10)14(15)9(8)2/h6-9,14H,5,15H2,1-4H3. The molecule has 0 saturated heterocycles. The second kappa shape index (κ2) is 4.57. The van der Waals surface area contributed by atoms with Crippen LogP contribution >= 0.6 is 0 Å². The average molecular weight is 235 g/mol. The molecule has 1 aliphatic rings. The van der Waals surface area contributed by atoms with E-state index >= 15 is 0 Å². The summed E-state index contributed by atoms with van der Waals surface area (Å²) in [5, 5.41) is 0. The fourth-order valence-electron chi connectivity index (χ4n) is 2.59. The summed E-state index contributed by atoms with van der Waals surface area (Å²) in [6, 6.07) is 4.19. The van der Waals surface area contributed by atoms with Crippen molar-refractivity contribution in [2.75, 3.05) is 14.2 Å². The van der Waals surface area contributed by atoms with Crippen molar-refractivity contribution in [2.45, 2.75) is 26.3 Å². The second-order valence-electron chi connectivity index (χ2n) is 4.97. The number of hydrogen-bond acceptors (Lipinski definition) is 3. The average Bonchev–Trinajstić information content (AvgIpc) is 2.34. The van der Waals surface area contributed by atoms with Crippen LogP contribution < -0.4 is 15.2 Å². The molecule has 0 bridgehead atoms. The van der Waals surface area contributed by atoms with E-state index < -0.39 is 0 Å². The number of nitrogens with two attached hydrogens (primary N) is 1. The molecular formula is C14H21NO2. The van der Waals surface area contributed by atoms with Crippen LogP contribution in [0.25, 0.3) is 0 Å². The number of methoxy groups -OCH3 is 2. The van der Waals surface area contributed by atoms with Gasteiger partial charge in [0, 0.05) is 6.04 Å². The third kappa shape index (κ3) is 2.00. The summed E-state index contributed by atoms with van der Waals surface area (Å²) in [6.07, 6.45) is 1.06. The van der Waals surface area contributed by atoms with Crippen molar-refractivity contribution in [3.05, 3.63) is 23.3 Å². The first-order valence-corrected chi connectivity index (χ1v) is 6.08. The predicted octanol–water partition coefficient (Wildman–Crippen LogP) is 2.53. The van der Waals surface area contributed by atoms with Gasteiger partial charge >= 0.3 is 0 Å². The summed E-state index contributed by atoms with van der Waals surface area (Å²) in [7, 11) is 3.32. The monoisotopic (exact) mass is 235 g/mol. The van der Waals surface area contributed by atoms with Gasteiger partial charge in [-0.25, -0.2) is 0 Å². The molecule has 2 N–H and O–H groups in total. The third-order valence-corrected chi connectivity index (χ3v) is 4.01. The Morgan fingerprint density at radius 1 is 1.12 bits per heavy atom. The molecule has 1 aromatic rings. The lowest BCUT2D eigenvalue weighted by atomic mass is 9.74. The largest absolute Gasteiger partial charge is 0.493 e. The maximum Gasteiger partial charge on any atom is 0.161 e. The van der Waals surface area contributed by atoms with Crippen LogP contribution in [-0.2, 0) is 6.42 Å². The molecule has 3 unspecified atom stereocenters. The van der Waals surface area contributed by atoms with E-state index in [0.717, 1.165) is 17.9 Å². The molecule has 0 heterocycles. The normalized spacial score (nSPS) is 27.5. The Morgan fingerprint density at radius 2 is 1.71 bits per heavy atom. The van der Waals surface area contributed by atoms with E-state index in [1.54, 1.807) is 14.2 Å². The molecule has 3 atom stereocenters. The van der Waals surface area contributed by atoms with E-state index in [2.05, 4.69) is 19.9 Å². The molecule has 0 fully saturated rings. The molecule has 0 spiro atoms. The lowest BCUT2D eigenvalue weighted by Crippen LogP contribution is -2.31. The Hall–Kier alpha value is -1.22. The van der Waals surface area contributed by atoms with Crippen LogP contribution in [0.3, 0.4) is 0 Å². The Balaban J connectivity index is 2.50. The number of hydrogen-bond donors (Lipinski definition) is 1. The third-order valence-electron chi connectivity index (χ3n) is 4.01. The van der Waals surface area contributed by atoms with E-state index in [4.69, 9.17) is 15.2 Å². The summed E-state index contributed by atoms with van der Waals surface area (Å²) in [4.78, 5) is 0. The summed E-state index contributed by atoms with van der Waals surface area (Å²) in [6.45, 7) is 4.47. The molecule has 2 rings (SSSR count). The Kier molecular flexibility index (Phi) is 3.29. The van der Waals surface area contributed by atoms with E-state index in [9.17, 15) is 0 Å². The van der Waals surface area contributed by atoms with Crippen LogP contribution in [0.15, 0.2) is 12.1 Å². The minimum atomic E-state index is 0.0913. The highest BCUT2D eigenvalue weighted by Gasteiger charge is 2.30. The van der Waals surface area contributed by atoms with Crippen molar-refractivity contribution < 1.29 is 9.47 Å². The van der Waals surface area contributed by atoms with Crippen molar-refractivity contribution in [2.24, 2.45) is 17.6 Å². The van der Waals surface area contributed by atoms with Crippen molar-refractivity contribution in [3.63, 3.8) is 0 Å². The summed E-state index contributed by atoms with van der Waals surface area (Å²) < 4.78 is 10.7. The minimum absolute atomic E-state index is 0.0913. The summed E-state index contributed by atoms with van der Waals surface area (Å²) in [5.74, 6) is 2.67. The molecule has 3 heteroatoms. The first kappa shape index (κ1) is 12.2. The quantitative estimate of drug-likeness (QED) is 0.856. The molecule has 94 valence electrons. The second-order valence-corrected chi connectivity index (χ2v) is 4.97. The lowest BCUT2D eigenvalue weighted by Gasteiger charge is -2.34. The first-order valence-electron chi connectivity index (χ1n) is 6.08. The Bertz CT molecular complexity index is 417. The first-order chi connectivity index (χ1) is 8.08. The smallest absolute Gasteiger partial charge is 0.161 e. The molecule has 0 aliphatic heterocycles.